The average molecular weight is 218 g/mol. The van der Waals surface area contributed by atoms with Gasteiger partial charge in [0.1, 0.15) is 6.10 Å². The molecule has 0 aromatic carbocycles. The molecule has 0 amide bonds. The standard InChI is InChI=1S/C11H22O4/c1-4-14-7-5-6-8-15-11(9-12-2)10-13-3/h4,11H,1,5-10H2,2-3H3. The summed E-state index contributed by atoms with van der Waals surface area (Å²) < 4.78 is 20.6. The zero-order valence-corrected chi connectivity index (χ0v) is 9.74. The Balaban J connectivity index is 3.31. The molecule has 0 N–H and O–H groups in total. The molecule has 0 aliphatic carbocycles. The number of unbranched alkanes of at least 4 members (excludes halogenated alkanes) is 1. The summed E-state index contributed by atoms with van der Waals surface area (Å²) in [6, 6.07) is 0. The topological polar surface area (TPSA) is 36.9 Å². The van der Waals surface area contributed by atoms with Crippen molar-refractivity contribution < 1.29 is 18.9 Å². The molecule has 4 nitrogen and oxygen atoms in total. The second-order valence-corrected chi connectivity index (χ2v) is 3.15. The van der Waals surface area contributed by atoms with Crippen LogP contribution in [0.3, 0.4) is 0 Å². The van der Waals surface area contributed by atoms with Gasteiger partial charge in [-0.2, -0.15) is 0 Å². The molecule has 90 valence electrons. The fraction of sp³-hybridized carbons (Fsp3) is 0.818. The van der Waals surface area contributed by atoms with Crippen molar-refractivity contribution in [3.63, 3.8) is 0 Å². The van der Waals surface area contributed by atoms with Gasteiger partial charge in [0.25, 0.3) is 0 Å². The molecule has 15 heavy (non-hydrogen) atoms. The van der Waals surface area contributed by atoms with Gasteiger partial charge in [-0.15, -0.1) is 0 Å². The molecular weight excluding hydrogens is 196 g/mol. The Labute approximate surface area is 92.2 Å². The minimum Gasteiger partial charge on any atom is -0.502 e. The third kappa shape index (κ3) is 9.72. The highest BCUT2D eigenvalue weighted by Crippen LogP contribution is 1.98. The maximum absolute atomic E-state index is 5.57. The van der Waals surface area contributed by atoms with Crippen LogP contribution in [0.15, 0.2) is 12.8 Å². The quantitative estimate of drug-likeness (QED) is 0.390. The maximum Gasteiger partial charge on any atom is 0.104 e. The lowest BCUT2D eigenvalue weighted by molar-refractivity contribution is -0.0426. The van der Waals surface area contributed by atoms with Crippen LogP contribution in [0.25, 0.3) is 0 Å². The van der Waals surface area contributed by atoms with Crippen molar-refractivity contribution in [3.8, 4) is 0 Å². The van der Waals surface area contributed by atoms with E-state index in [4.69, 9.17) is 18.9 Å². The highest BCUT2D eigenvalue weighted by molar-refractivity contribution is 4.55. The number of methoxy groups -OCH3 is 2. The summed E-state index contributed by atoms with van der Waals surface area (Å²) in [4.78, 5) is 0. The molecule has 4 heteroatoms. The molecule has 0 aromatic heterocycles. The molecule has 0 aliphatic heterocycles. The number of hydrogen-bond donors (Lipinski definition) is 0. The lowest BCUT2D eigenvalue weighted by Gasteiger charge is -2.15. The Bertz CT molecular complexity index is 133. The van der Waals surface area contributed by atoms with E-state index in [2.05, 4.69) is 6.58 Å². The molecule has 0 rings (SSSR count). The molecule has 0 saturated carbocycles. The maximum atomic E-state index is 5.57. The van der Waals surface area contributed by atoms with Gasteiger partial charge in [-0.05, 0) is 12.8 Å². The van der Waals surface area contributed by atoms with E-state index < -0.39 is 0 Å². The van der Waals surface area contributed by atoms with Crippen LogP contribution < -0.4 is 0 Å². The van der Waals surface area contributed by atoms with Gasteiger partial charge in [-0.25, -0.2) is 0 Å². The van der Waals surface area contributed by atoms with Crippen molar-refractivity contribution >= 4 is 0 Å². The van der Waals surface area contributed by atoms with Crippen LogP contribution in [0.2, 0.25) is 0 Å². The lowest BCUT2D eigenvalue weighted by Crippen LogP contribution is -2.25. The summed E-state index contributed by atoms with van der Waals surface area (Å²) in [5.41, 5.74) is 0. The Hall–Kier alpha value is -0.580. The van der Waals surface area contributed by atoms with Gasteiger partial charge in [0.15, 0.2) is 0 Å². The van der Waals surface area contributed by atoms with Gasteiger partial charge >= 0.3 is 0 Å². The Morgan fingerprint density at radius 1 is 1.07 bits per heavy atom. The molecule has 0 saturated heterocycles. The van der Waals surface area contributed by atoms with Gasteiger partial charge in [-0.3, -0.25) is 0 Å². The molecule has 0 radical (unpaired) electrons. The van der Waals surface area contributed by atoms with Crippen molar-refractivity contribution in [1.29, 1.82) is 0 Å². The van der Waals surface area contributed by atoms with Gasteiger partial charge in [0.2, 0.25) is 0 Å². The van der Waals surface area contributed by atoms with Crippen molar-refractivity contribution in [2.75, 3.05) is 40.6 Å². The Kier molecular flexibility index (Phi) is 11.1. The third-order valence-electron chi connectivity index (χ3n) is 1.83. The smallest absolute Gasteiger partial charge is 0.104 e. The molecule has 0 heterocycles. The minimum absolute atomic E-state index is 0.0281. The van der Waals surface area contributed by atoms with Gasteiger partial charge < -0.3 is 18.9 Å². The molecule has 0 bridgehead atoms. The fourth-order valence-corrected chi connectivity index (χ4v) is 1.14. The normalized spacial score (nSPS) is 10.6. The first-order valence-electron chi connectivity index (χ1n) is 5.17. The predicted octanol–water partition coefficient (Wildman–Crippen LogP) is 1.60. The molecule has 0 unspecified atom stereocenters. The molecule has 0 aromatic rings. The van der Waals surface area contributed by atoms with Crippen molar-refractivity contribution in [1.82, 2.24) is 0 Å². The minimum atomic E-state index is 0.0281. The van der Waals surface area contributed by atoms with Crippen LogP contribution in [0.1, 0.15) is 12.8 Å². The van der Waals surface area contributed by atoms with E-state index >= 15 is 0 Å². The highest BCUT2D eigenvalue weighted by Gasteiger charge is 2.07. The molecule has 0 atom stereocenters. The summed E-state index contributed by atoms with van der Waals surface area (Å²) >= 11 is 0. The molecule has 0 fully saturated rings. The number of hydrogen-bond acceptors (Lipinski definition) is 4. The lowest BCUT2D eigenvalue weighted by atomic mass is 10.3. The van der Waals surface area contributed by atoms with Crippen LogP contribution >= 0.6 is 0 Å². The van der Waals surface area contributed by atoms with Gasteiger partial charge in [0.05, 0.1) is 26.1 Å². The van der Waals surface area contributed by atoms with Crippen molar-refractivity contribution in [2.24, 2.45) is 0 Å². The predicted molar refractivity (Wildman–Crippen MR) is 58.9 cm³/mol. The Morgan fingerprint density at radius 3 is 2.20 bits per heavy atom. The molecule has 0 spiro atoms. The van der Waals surface area contributed by atoms with Crippen LogP contribution in [0, 0.1) is 0 Å². The monoisotopic (exact) mass is 218 g/mol. The summed E-state index contributed by atoms with van der Waals surface area (Å²) in [5.74, 6) is 0. The summed E-state index contributed by atoms with van der Waals surface area (Å²) in [5, 5.41) is 0. The van der Waals surface area contributed by atoms with E-state index in [1.54, 1.807) is 14.2 Å². The van der Waals surface area contributed by atoms with Crippen LogP contribution in [0.4, 0.5) is 0 Å². The first-order chi connectivity index (χ1) is 7.35. The second-order valence-electron chi connectivity index (χ2n) is 3.15. The van der Waals surface area contributed by atoms with E-state index in [1.807, 2.05) is 0 Å². The number of rotatable bonds is 11. The van der Waals surface area contributed by atoms with E-state index in [-0.39, 0.29) is 6.10 Å². The van der Waals surface area contributed by atoms with Gasteiger partial charge in [0, 0.05) is 20.8 Å². The summed E-state index contributed by atoms with van der Waals surface area (Å²) in [7, 11) is 3.31. The first-order valence-corrected chi connectivity index (χ1v) is 5.17. The third-order valence-corrected chi connectivity index (χ3v) is 1.83. The van der Waals surface area contributed by atoms with Gasteiger partial charge in [-0.1, -0.05) is 6.58 Å². The zero-order valence-electron chi connectivity index (χ0n) is 9.74. The average Bonchev–Trinajstić information content (AvgIpc) is 2.24. The van der Waals surface area contributed by atoms with Crippen molar-refractivity contribution in [3.05, 3.63) is 12.8 Å². The second kappa shape index (κ2) is 11.5. The Morgan fingerprint density at radius 2 is 1.67 bits per heavy atom. The summed E-state index contributed by atoms with van der Waals surface area (Å²) in [6.45, 7) is 6.01. The SMILES string of the molecule is C=COCCCCOC(COC)COC. The zero-order chi connectivity index (χ0) is 11.4. The van der Waals surface area contributed by atoms with E-state index in [1.165, 1.54) is 6.26 Å². The van der Waals surface area contributed by atoms with Crippen molar-refractivity contribution in [2.45, 2.75) is 18.9 Å². The van der Waals surface area contributed by atoms with Crippen LogP contribution in [-0.2, 0) is 18.9 Å². The van der Waals surface area contributed by atoms with Crippen LogP contribution in [0.5, 0.6) is 0 Å². The van der Waals surface area contributed by atoms with E-state index in [9.17, 15) is 0 Å². The number of ether oxygens (including phenoxy) is 4. The van der Waals surface area contributed by atoms with Crippen LogP contribution in [-0.4, -0.2) is 46.8 Å². The van der Waals surface area contributed by atoms with E-state index in [0.717, 1.165) is 12.8 Å². The highest BCUT2D eigenvalue weighted by atomic mass is 16.6. The van der Waals surface area contributed by atoms with E-state index in [0.29, 0.717) is 26.4 Å². The molecular formula is C11H22O4. The summed E-state index contributed by atoms with van der Waals surface area (Å²) in [6.07, 6.45) is 3.43. The fourth-order valence-electron chi connectivity index (χ4n) is 1.14. The largest absolute Gasteiger partial charge is 0.502 e. The molecule has 0 aliphatic rings. The first kappa shape index (κ1) is 14.4.